The minimum absolute atomic E-state index is 0. The Labute approximate surface area is 123 Å². The maximum atomic E-state index is 5.75. The van der Waals surface area contributed by atoms with Crippen LogP contribution in [0.4, 0.5) is 5.69 Å². The summed E-state index contributed by atoms with van der Waals surface area (Å²) in [6, 6.07) is 6.48. The van der Waals surface area contributed by atoms with Gasteiger partial charge >= 0.3 is 0 Å². The smallest absolute Gasteiger partial charge is 0.142 e. The third kappa shape index (κ3) is 3.07. The maximum Gasteiger partial charge on any atom is 0.142 e. The van der Waals surface area contributed by atoms with Crippen molar-refractivity contribution in [1.29, 1.82) is 0 Å². The van der Waals surface area contributed by atoms with E-state index in [1.807, 2.05) is 0 Å². The lowest BCUT2D eigenvalue weighted by atomic mass is 10.1. The van der Waals surface area contributed by atoms with E-state index in [2.05, 4.69) is 46.9 Å². The van der Waals surface area contributed by atoms with Crippen molar-refractivity contribution in [1.82, 2.24) is 9.80 Å². The Hall–Kier alpha value is -1.26. The second-order valence-corrected chi connectivity index (χ2v) is 5.95. The van der Waals surface area contributed by atoms with E-state index in [0.717, 1.165) is 32.0 Å². The zero-order valence-electron chi connectivity index (χ0n) is 12.6. The van der Waals surface area contributed by atoms with Crippen LogP contribution in [0, 0.1) is 6.92 Å². The highest BCUT2D eigenvalue weighted by Crippen LogP contribution is 2.32. The van der Waals surface area contributed by atoms with Crippen LogP contribution in [0.15, 0.2) is 18.2 Å². The SMILES string of the molecule is Cc1ccc2c(c1)N(CCN1CCN(C)CC1)CCO2.[2HH]. The van der Waals surface area contributed by atoms with Crippen molar-refractivity contribution in [2.24, 2.45) is 0 Å². The van der Waals surface area contributed by atoms with Crippen LogP contribution in [0.2, 0.25) is 0 Å². The van der Waals surface area contributed by atoms with Crippen LogP contribution >= 0.6 is 0 Å². The molecule has 1 fully saturated rings. The fourth-order valence-electron chi connectivity index (χ4n) is 2.95. The van der Waals surface area contributed by atoms with E-state index in [1.54, 1.807) is 0 Å². The molecule has 0 spiro atoms. The first-order valence-electron chi connectivity index (χ1n) is 7.62. The molecule has 0 aromatic heterocycles. The quantitative estimate of drug-likeness (QED) is 0.837. The molecule has 4 heteroatoms. The predicted molar refractivity (Wildman–Crippen MR) is 84.9 cm³/mol. The van der Waals surface area contributed by atoms with Crippen molar-refractivity contribution >= 4 is 5.69 Å². The molecule has 1 saturated heterocycles. The van der Waals surface area contributed by atoms with Gasteiger partial charge in [-0.3, -0.25) is 4.90 Å². The monoisotopic (exact) mass is 278 g/mol. The van der Waals surface area contributed by atoms with Crippen molar-refractivity contribution in [2.45, 2.75) is 6.92 Å². The first-order valence-corrected chi connectivity index (χ1v) is 7.62. The molecule has 2 aliphatic heterocycles. The molecule has 0 atom stereocenters. The molecule has 0 aliphatic carbocycles. The number of ether oxygens (including phenoxy) is 1. The lowest BCUT2D eigenvalue weighted by molar-refractivity contribution is 0.156. The van der Waals surface area contributed by atoms with E-state index in [1.165, 1.54) is 37.4 Å². The topological polar surface area (TPSA) is 19.0 Å². The lowest BCUT2D eigenvalue weighted by Crippen LogP contribution is -2.47. The van der Waals surface area contributed by atoms with Gasteiger partial charge in [0.15, 0.2) is 0 Å². The van der Waals surface area contributed by atoms with Crippen LogP contribution in [-0.4, -0.2) is 69.3 Å². The Morgan fingerprint density at radius 3 is 2.70 bits per heavy atom. The Morgan fingerprint density at radius 1 is 1.10 bits per heavy atom. The number of piperazine rings is 1. The summed E-state index contributed by atoms with van der Waals surface area (Å²) in [4.78, 5) is 7.46. The number of hydrogen-bond donors (Lipinski definition) is 0. The second kappa shape index (κ2) is 6.02. The molecular weight excluding hydrogens is 250 g/mol. The molecule has 0 N–H and O–H groups in total. The van der Waals surface area contributed by atoms with E-state index in [0.29, 0.717) is 0 Å². The van der Waals surface area contributed by atoms with E-state index in [4.69, 9.17) is 4.74 Å². The largest absolute Gasteiger partial charge is 0.490 e. The van der Waals surface area contributed by atoms with Gasteiger partial charge in [-0.2, -0.15) is 0 Å². The fraction of sp³-hybridized carbons (Fsp3) is 0.625. The number of hydrogen-bond acceptors (Lipinski definition) is 4. The van der Waals surface area contributed by atoms with Gasteiger partial charge in [0.25, 0.3) is 0 Å². The molecule has 0 bridgehead atoms. The zero-order chi connectivity index (χ0) is 13.9. The summed E-state index contributed by atoms with van der Waals surface area (Å²) in [6.07, 6.45) is 0. The molecular formula is C16H27N3O. The first kappa shape index (κ1) is 13.7. The summed E-state index contributed by atoms with van der Waals surface area (Å²) in [5.41, 5.74) is 2.57. The second-order valence-electron chi connectivity index (χ2n) is 5.95. The van der Waals surface area contributed by atoms with Gasteiger partial charge in [0.2, 0.25) is 0 Å². The average molecular weight is 278 g/mol. The van der Waals surface area contributed by atoms with Gasteiger partial charge in [-0.25, -0.2) is 0 Å². The third-order valence-electron chi connectivity index (χ3n) is 4.36. The van der Waals surface area contributed by atoms with Crippen molar-refractivity contribution in [3.8, 4) is 5.75 Å². The van der Waals surface area contributed by atoms with E-state index in [-0.39, 0.29) is 1.43 Å². The first-order chi connectivity index (χ1) is 9.72. The minimum Gasteiger partial charge on any atom is -0.490 e. The van der Waals surface area contributed by atoms with Crippen molar-refractivity contribution in [3.63, 3.8) is 0 Å². The number of benzene rings is 1. The van der Waals surface area contributed by atoms with Gasteiger partial charge in [-0.1, -0.05) is 6.07 Å². The molecule has 0 unspecified atom stereocenters. The number of likely N-dealkylation sites (N-methyl/N-ethyl adjacent to an activating group) is 1. The minimum atomic E-state index is 0. The lowest BCUT2D eigenvalue weighted by Gasteiger charge is -2.36. The van der Waals surface area contributed by atoms with Gasteiger partial charge in [0.05, 0.1) is 12.2 Å². The van der Waals surface area contributed by atoms with Gasteiger partial charge < -0.3 is 14.5 Å². The highest BCUT2D eigenvalue weighted by molar-refractivity contribution is 5.61. The van der Waals surface area contributed by atoms with Crippen LogP contribution in [0.3, 0.4) is 0 Å². The van der Waals surface area contributed by atoms with E-state index < -0.39 is 0 Å². The Balaban J connectivity index is 0.00000161. The van der Waals surface area contributed by atoms with Crippen LogP contribution in [-0.2, 0) is 0 Å². The van der Waals surface area contributed by atoms with Gasteiger partial charge in [0.1, 0.15) is 12.4 Å². The van der Waals surface area contributed by atoms with Crippen LogP contribution in [0.5, 0.6) is 5.75 Å². The highest BCUT2D eigenvalue weighted by atomic mass is 16.5. The molecule has 3 rings (SSSR count). The number of aryl methyl sites for hydroxylation is 1. The summed E-state index contributed by atoms with van der Waals surface area (Å²) >= 11 is 0. The normalized spacial score (nSPS) is 20.6. The molecule has 2 aliphatic rings. The Bertz CT molecular complexity index is 461. The van der Waals surface area contributed by atoms with Gasteiger partial charge in [-0.05, 0) is 31.7 Å². The summed E-state index contributed by atoms with van der Waals surface area (Å²) < 4.78 is 5.75. The number of rotatable bonds is 3. The van der Waals surface area contributed by atoms with E-state index >= 15 is 0 Å². The van der Waals surface area contributed by atoms with Crippen molar-refractivity contribution in [3.05, 3.63) is 23.8 Å². The van der Waals surface area contributed by atoms with E-state index in [9.17, 15) is 0 Å². The maximum absolute atomic E-state index is 5.75. The average Bonchev–Trinajstić information content (AvgIpc) is 2.47. The van der Waals surface area contributed by atoms with Crippen molar-refractivity contribution < 1.29 is 6.16 Å². The summed E-state index contributed by atoms with van der Waals surface area (Å²) in [7, 11) is 2.21. The number of anilines is 1. The molecule has 0 radical (unpaired) electrons. The zero-order valence-corrected chi connectivity index (χ0v) is 12.6. The Kier molecular flexibility index (Phi) is 4.13. The molecule has 1 aromatic rings. The summed E-state index contributed by atoms with van der Waals surface area (Å²) in [5, 5.41) is 0. The molecule has 0 saturated carbocycles. The van der Waals surface area contributed by atoms with Crippen molar-refractivity contribution in [2.75, 3.05) is 64.4 Å². The molecule has 2 heterocycles. The fourth-order valence-corrected chi connectivity index (χ4v) is 2.95. The van der Waals surface area contributed by atoms with Crippen LogP contribution in [0.25, 0.3) is 0 Å². The highest BCUT2D eigenvalue weighted by Gasteiger charge is 2.20. The standard InChI is InChI=1S/C16H25N3O.H2/c1-14-3-4-16-15(13-14)19(11-12-20-16)10-9-18-7-5-17(2)6-8-18;/h3-4,13H,5-12H2,1-2H3;1H/i;1+1. The molecule has 1 aromatic carbocycles. The molecule has 4 nitrogen and oxygen atoms in total. The summed E-state index contributed by atoms with van der Waals surface area (Å²) in [5.74, 6) is 1.04. The van der Waals surface area contributed by atoms with Crippen LogP contribution < -0.4 is 9.64 Å². The van der Waals surface area contributed by atoms with Crippen LogP contribution in [0.1, 0.15) is 6.99 Å². The molecule has 112 valence electrons. The van der Waals surface area contributed by atoms with Gasteiger partial charge in [-0.15, -0.1) is 0 Å². The molecule has 20 heavy (non-hydrogen) atoms. The third-order valence-corrected chi connectivity index (χ3v) is 4.36. The summed E-state index contributed by atoms with van der Waals surface area (Å²) in [6.45, 7) is 11.0. The predicted octanol–water partition coefficient (Wildman–Crippen LogP) is 1.69. The molecule has 0 amide bonds. The Morgan fingerprint density at radius 2 is 1.90 bits per heavy atom. The number of fused-ring (bicyclic) bond motifs is 1. The number of nitrogens with zero attached hydrogens (tertiary/aromatic N) is 3. The van der Waals surface area contributed by atoms with Gasteiger partial charge in [0, 0.05) is 40.7 Å².